The molecule has 1 aliphatic carbocycles. The first-order valence-corrected chi connectivity index (χ1v) is 9.79. The van der Waals surface area contributed by atoms with Crippen LogP contribution < -0.4 is 16.4 Å². The fourth-order valence-electron chi connectivity index (χ4n) is 3.08. The van der Waals surface area contributed by atoms with Crippen LogP contribution in [0.5, 0.6) is 0 Å². The summed E-state index contributed by atoms with van der Waals surface area (Å²) in [5.41, 5.74) is 6.09. The van der Waals surface area contributed by atoms with Crippen LogP contribution in [-0.4, -0.2) is 23.7 Å². The molecule has 4 N–H and O–H groups in total. The van der Waals surface area contributed by atoms with E-state index in [1.807, 2.05) is 37.6 Å². The third kappa shape index (κ3) is 7.82. The summed E-state index contributed by atoms with van der Waals surface area (Å²) in [6.07, 6.45) is 9.16. The van der Waals surface area contributed by atoms with Crippen LogP contribution in [0.15, 0.2) is 29.2 Å². The molecule has 0 saturated heterocycles. The molecule has 137 valence electrons. The fraction of sp³-hybridized carbons (Fsp3) is 0.526. The van der Waals surface area contributed by atoms with Crippen molar-refractivity contribution < 1.29 is 9.59 Å². The molecule has 0 aromatic heterocycles. The number of amides is 2. The fourth-order valence-corrected chi connectivity index (χ4v) is 3.58. The van der Waals surface area contributed by atoms with Gasteiger partial charge >= 0.3 is 0 Å². The Labute approximate surface area is 154 Å². The van der Waals surface area contributed by atoms with E-state index >= 15 is 0 Å². The second-order valence-corrected chi connectivity index (χ2v) is 7.76. The predicted molar refractivity (Wildman–Crippen MR) is 103 cm³/mol. The molecule has 0 bridgehead atoms. The molecule has 1 aromatic rings. The minimum absolute atomic E-state index is 0.0214. The topological polar surface area (TPSA) is 84.2 Å². The zero-order valence-electron chi connectivity index (χ0n) is 14.8. The van der Waals surface area contributed by atoms with E-state index in [9.17, 15) is 9.59 Å². The van der Waals surface area contributed by atoms with Crippen molar-refractivity contribution in [1.82, 2.24) is 5.32 Å². The summed E-state index contributed by atoms with van der Waals surface area (Å²) < 4.78 is 0. The van der Waals surface area contributed by atoms with Gasteiger partial charge in [0.2, 0.25) is 5.91 Å². The van der Waals surface area contributed by atoms with Gasteiger partial charge in [0.15, 0.2) is 0 Å². The van der Waals surface area contributed by atoms with Gasteiger partial charge in [-0.25, -0.2) is 0 Å². The summed E-state index contributed by atoms with van der Waals surface area (Å²) in [4.78, 5) is 23.7. The summed E-state index contributed by atoms with van der Waals surface area (Å²) in [6.45, 7) is 2.63. The Morgan fingerprint density at radius 3 is 2.56 bits per heavy atom. The molecule has 1 saturated carbocycles. The molecule has 0 heterocycles. The highest BCUT2D eigenvalue weighted by Crippen LogP contribution is 2.26. The lowest BCUT2D eigenvalue weighted by molar-refractivity contribution is -0.118. The van der Waals surface area contributed by atoms with E-state index in [2.05, 4.69) is 10.6 Å². The summed E-state index contributed by atoms with van der Waals surface area (Å²) in [7, 11) is 0. The summed E-state index contributed by atoms with van der Waals surface area (Å²) >= 11 is 1.01. The number of rotatable bonds is 8. The number of benzene rings is 1. The second-order valence-electron chi connectivity index (χ2n) is 6.68. The van der Waals surface area contributed by atoms with Crippen molar-refractivity contribution >= 4 is 28.6 Å². The highest BCUT2D eigenvalue weighted by Gasteiger charge is 2.15. The zero-order valence-corrected chi connectivity index (χ0v) is 15.6. The van der Waals surface area contributed by atoms with Crippen LogP contribution in [0, 0.1) is 12.3 Å². The van der Waals surface area contributed by atoms with Crippen molar-refractivity contribution in [2.75, 3.05) is 11.9 Å². The number of primary amides is 1. The van der Waals surface area contributed by atoms with Gasteiger partial charge in [0.1, 0.15) is 0 Å². The standard InChI is InChI=1S/C19H28N3O2S/c1-14(22-18(23)12-7-15-5-3-2-4-6-15)13-21-16-8-10-17(11-9-16)25-19(20)24/h8-12,14-15,21H,2-7,13H2,1H3,(H2,20,24)(H,22,23)/t14-/m0/s1. The molecule has 5 nitrogen and oxygen atoms in total. The Bertz CT molecular complexity index is 556. The molecule has 2 amide bonds. The van der Waals surface area contributed by atoms with E-state index in [0.717, 1.165) is 28.8 Å². The average Bonchev–Trinajstić information content (AvgIpc) is 2.60. The molecule has 0 spiro atoms. The highest BCUT2D eigenvalue weighted by atomic mass is 32.2. The summed E-state index contributed by atoms with van der Waals surface area (Å²) in [5, 5.41) is 5.87. The number of nitrogens with two attached hydrogens (primary N) is 1. The molecule has 1 fully saturated rings. The molecule has 0 aliphatic heterocycles. The van der Waals surface area contributed by atoms with Crippen LogP contribution in [0.4, 0.5) is 10.5 Å². The van der Waals surface area contributed by atoms with Crippen LogP contribution in [0.2, 0.25) is 0 Å². The van der Waals surface area contributed by atoms with Crippen LogP contribution in [0.25, 0.3) is 0 Å². The lowest BCUT2D eigenvalue weighted by Gasteiger charge is -2.21. The number of nitrogens with one attached hydrogen (secondary N) is 2. The first kappa shape index (κ1) is 19.6. The van der Waals surface area contributed by atoms with Crippen molar-refractivity contribution in [2.24, 2.45) is 11.7 Å². The van der Waals surface area contributed by atoms with Crippen LogP contribution in [0.3, 0.4) is 0 Å². The summed E-state index contributed by atoms with van der Waals surface area (Å²) in [5.74, 6) is 0.706. The zero-order chi connectivity index (χ0) is 18.1. The maximum Gasteiger partial charge on any atom is 0.281 e. The molecular formula is C19H28N3O2S. The number of anilines is 1. The van der Waals surface area contributed by atoms with Crippen molar-refractivity contribution in [3.05, 3.63) is 30.7 Å². The number of hydrogen-bond acceptors (Lipinski definition) is 4. The molecule has 1 aromatic carbocycles. The molecule has 1 aliphatic rings. The molecule has 1 radical (unpaired) electrons. The maximum atomic E-state index is 12.0. The summed E-state index contributed by atoms with van der Waals surface area (Å²) in [6, 6.07) is 7.52. The Balaban J connectivity index is 1.64. The molecule has 25 heavy (non-hydrogen) atoms. The van der Waals surface area contributed by atoms with E-state index in [1.54, 1.807) is 0 Å². The van der Waals surface area contributed by atoms with Crippen LogP contribution >= 0.6 is 11.8 Å². The van der Waals surface area contributed by atoms with Gasteiger partial charge < -0.3 is 16.4 Å². The number of carbonyl (C=O) groups is 2. The molecule has 0 unspecified atom stereocenters. The Hall–Kier alpha value is -1.69. The average molecular weight is 363 g/mol. The van der Waals surface area contributed by atoms with E-state index in [0.29, 0.717) is 12.5 Å². The Morgan fingerprint density at radius 1 is 1.24 bits per heavy atom. The van der Waals surface area contributed by atoms with Gasteiger partial charge in [-0.05, 0) is 55.3 Å². The lowest BCUT2D eigenvalue weighted by Crippen LogP contribution is -2.37. The van der Waals surface area contributed by atoms with Crippen molar-refractivity contribution in [2.45, 2.75) is 56.4 Å². The maximum absolute atomic E-state index is 12.0. The predicted octanol–water partition coefficient (Wildman–Crippen LogP) is 3.95. The van der Waals surface area contributed by atoms with Gasteiger partial charge in [-0.2, -0.15) is 0 Å². The van der Waals surface area contributed by atoms with Crippen molar-refractivity contribution in [3.63, 3.8) is 0 Å². The minimum Gasteiger partial charge on any atom is -0.383 e. The number of hydrogen-bond donors (Lipinski definition) is 3. The van der Waals surface area contributed by atoms with Gasteiger partial charge in [-0.1, -0.05) is 32.1 Å². The normalized spacial score (nSPS) is 16.2. The van der Waals surface area contributed by atoms with E-state index in [-0.39, 0.29) is 11.9 Å². The first-order valence-electron chi connectivity index (χ1n) is 8.98. The highest BCUT2D eigenvalue weighted by molar-refractivity contribution is 8.13. The Kier molecular flexibility index (Phi) is 8.12. The van der Waals surface area contributed by atoms with Crippen molar-refractivity contribution in [1.29, 1.82) is 0 Å². The smallest absolute Gasteiger partial charge is 0.281 e. The van der Waals surface area contributed by atoms with Gasteiger partial charge in [0.05, 0.1) is 0 Å². The largest absolute Gasteiger partial charge is 0.383 e. The SMILES string of the molecule is C[C@@H](CNc1ccc(SC(N)=O)cc1)NC(=O)[CH]CC1CCCCC1. The lowest BCUT2D eigenvalue weighted by atomic mass is 9.86. The minimum atomic E-state index is -0.415. The van der Waals surface area contributed by atoms with E-state index in [1.165, 1.54) is 32.1 Å². The van der Waals surface area contributed by atoms with Crippen molar-refractivity contribution in [3.8, 4) is 0 Å². The third-order valence-corrected chi connectivity index (χ3v) is 5.14. The van der Waals surface area contributed by atoms with E-state index < -0.39 is 5.24 Å². The van der Waals surface area contributed by atoms with Crippen LogP contribution in [-0.2, 0) is 4.79 Å². The molecular weight excluding hydrogens is 334 g/mol. The monoisotopic (exact) mass is 362 g/mol. The number of thioether (sulfide) groups is 1. The number of carbonyl (C=O) groups excluding carboxylic acids is 2. The molecule has 1 atom stereocenters. The molecule has 6 heteroatoms. The van der Waals surface area contributed by atoms with Crippen LogP contribution in [0.1, 0.15) is 45.4 Å². The first-order chi connectivity index (χ1) is 12.0. The van der Waals surface area contributed by atoms with Gasteiger partial charge in [-0.3, -0.25) is 9.59 Å². The second kappa shape index (κ2) is 10.3. The molecule has 2 rings (SSSR count). The van der Waals surface area contributed by atoms with Gasteiger partial charge in [0.25, 0.3) is 5.24 Å². The quantitative estimate of drug-likeness (QED) is 0.611. The van der Waals surface area contributed by atoms with Gasteiger partial charge in [-0.15, -0.1) is 0 Å². The van der Waals surface area contributed by atoms with E-state index in [4.69, 9.17) is 5.73 Å². The third-order valence-electron chi connectivity index (χ3n) is 4.44. The van der Waals surface area contributed by atoms with Gasteiger partial charge in [0, 0.05) is 29.6 Å². The Morgan fingerprint density at radius 2 is 1.92 bits per heavy atom.